The zero-order chi connectivity index (χ0) is 11.8. The third kappa shape index (κ3) is 5.31. The van der Waals surface area contributed by atoms with E-state index in [1.165, 1.54) is 4.90 Å². The van der Waals surface area contributed by atoms with Gasteiger partial charge in [-0.1, -0.05) is 0 Å². The van der Waals surface area contributed by atoms with Gasteiger partial charge >= 0.3 is 11.9 Å². The van der Waals surface area contributed by atoms with Gasteiger partial charge in [-0.2, -0.15) is 0 Å². The first-order chi connectivity index (χ1) is 7.02. The van der Waals surface area contributed by atoms with Crippen LogP contribution in [0, 0.1) is 0 Å². The van der Waals surface area contributed by atoms with Crippen molar-refractivity contribution < 1.29 is 30.0 Å². The maximum Gasteiger partial charge on any atom is 0.321 e. The van der Waals surface area contributed by atoms with Crippen molar-refractivity contribution in [2.75, 3.05) is 26.3 Å². The van der Waals surface area contributed by atoms with Gasteiger partial charge in [-0.05, 0) is 0 Å². The zero-order valence-electron chi connectivity index (χ0n) is 8.17. The average Bonchev–Trinajstić information content (AvgIpc) is 2.13. The number of hydrogen-bond donors (Lipinski definition) is 4. The van der Waals surface area contributed by atoms with Gasteiger partial charge in [0.2, 0.25) is 0 Å². The predicted molar refractivity (Wildman–Crippen MR) is 49.4 cm³/mol. The molecule has 0 aromatic rings. The molecule has 0 aliphatic rings. The molecule has 0 saturated heterocycles. The highest BCUT2D eigenvalue weighted by Crippen LogP contribution is 2.04. The lowest BCUT2D eigenvalue weighted by atomic mass is 10.1. The fourth-order valence-electron chi connectivity index (χ4n) is 1.22. The number of carboxylic acid groups (broad SMARTS) is 2. The fraction of sp³-hybridized carbons (Fsp3) is 0.750. The van der Waals surface area contributed by atoms with Crippen LogP contribution < -0.4 is 0 Å². The van der Waals surface area contributed by atoms with E-state index in [1.807, 2.05) is 0 Å². The zero-order valence-corrected chi connectivity index (χ0v) is 8.17. The van der Waals surface area contributed by atoms with E-state index in [-0.39, 0.29) is 26.3 Å². The van der Waals surface area contributed by atoms with Crippen molar-refractivity contribution in [2.24, 2.45) is 0 Å². The molecule has 0 aromatic carbocycles. The molecule has 0 aliphatic heterocycles. The molecule has 7 heteroatoms. The first-order valence-corrected chi connectivity index (χ1v) is 4.43. The number of nitrogens with zero attached hydrogens (tertiary/aromatic N) is 1. The van der Waals surface area contributed by atoms with E-state index < -0.39 is 24.4 Å². The number of aliphatic hydroxyl groups excluding tert-OH is 2. The van der Waals surface area contributed by atoms with Crippen LogP contribution in [0.5, 0.6) is 0 Å². The van der Waals surface area contributed by atoms with Crippen LogP contribution in [0.15, 0.2) is 0 Å². The normalized spacial score (nSPS) is 12.7. The smallest absolute Gasteiger partial charge is 0.321 e. The summed E-state index contributed by atoms with van der Waals surface area (Å²) in [5.74, 6) is -2.51. The third-order valence-corrected chi connectivity index (χ3v) is 1.87. The summed E-state index contributed by atoms with van der Waals surface area (Å²) in [5, 5.41) is 34.6. The van der Waals surface area contributed by atoms with Crippen molar-refractivity contribution >= 4 is 11.9 Å². The molecule has 4 N–H and O–H groups in total. The maximum absolute atomic E-state index is 10.8. The Labute approximate surface area is 86.6 Å². The molecule has 88 valence electrons. The Bertz CT molecular complexity index is 213. The Hall–Kier alpha value is -1.18. The van der Waals surface area contributed by atoms with Gasteiger partial charge in [0.05, 0.1) is 19.6 Å². The van der Waals surface area contributed by atoms with Crippen molar-refractivity contribution in [1.29, 1.82) is 0 Å². The SMILES string of the molecule is O=C(O)C[C@@H](C(=O)O)N(CCO)CCO. The number of rotatable bonds is 8. The van der Waals surface area contributed by atoms with Crippen LogP contribution in [0.25, 0.3) is 0 Å². The third-order valence-electron chi connectivity index (χ3n) is 1.87. The molecule has 0 aliphatic carbocycles. The van der Waals surface area contributed by atoms with Crippen molar-refractivity contribution in [3.63, 3.8) is 0 Å². The predicted octanol–water partition coefficient (Wildman–Crippen LogP) is -1.80. The molecule has 0 heterocycles. The number of carboxylic acids is 2. The van der Waals surface area contributed by atoms with Crippen LogP contribution >= 0.6 is 0 Å². The standard InChI is InChI=1S/C8H15NO6/c10-3-1-9(2-4-11)6(8(14)15)5-7(12)13/h6,10-11H,1-5H2,(H,12,13)(H,14,15)/t6-/m0/s1. The van der Waals surface area contributed by atoms with Gasteiger partial charge in [0, 0.05) is 13.1 Å². The van der Waals surface area contributed by atoms with E-state index in [0.717, 1.165) is 0 Å². The molecular weight excluding hydrogens is 206 g/mol. The summed E-state index contributed by atoms with van der Waals surface area (Å²) in [6, 6.07) is -1.22. The highest BCUT2D eigenvalue weighted by molar-refractivity contribution is 5.80. The van der Waals surface area contributed by atoms with Crippen molar-refractivity contribution in [1.82, 2.24) is 4.90 Å². The van der Waals surface area contributed by atoms with Gasteiger partial charge < -0.3 is 20.4 Å². The van der Waals surface area contributed by atoms with E-state index in [0.29, 0.717) is 0 Å². The summed E-state index contributed by atoms with van der Waals surface area (Å²) >= 11 is 0. The van der Waals surface area contributed by atoms with E-state index >= 15 is 0 Å². The van der Waals surface area contributed by atoms with E-state index in [2.05, 4.69) is 0 Å². The molecule has 0 rings (SSSR count). The lowest BCUT2D eigenvalue weighted by Crippen LogP contribution is -2.45. The van der Waals surface area contributed by atoms with Crippen LogP contribution in [0.2, 0.25) is 0 Å². The van der Waals surface area contributed by atoms with Crippen molar-refractivity contribution in [3.8, 4) is 0 Å². The first kappa shape index (κ1) is 13.8. The number of hydrogen-bond acceptors (Lipinski definition) is 5. The van der Waals surface area contributed by atoms with Crippen molar-refractivity contribution in [3.05, 3.63) is 0 Å². The van der Waals surface area contributed by atoms with Gasteiger partial charge in [0.15, 0.2) is 0 Å². The molecular formula is C8H15NO6. The second-order valence-electron chi connectivity index (χ2n) is 2.94. The summed E-state index contributed by atoms with van der Waals surface area (Å²) in [4.78, 5) is 22.4. The Kier molecular flexibility index (Phi) is 6.59. The molecule has 15 heavy (non-hydrogen) atoms. The minimum atomic E-state index is -1.28. The molecule has 0 unspecified atom stereocenters. The fourth-order valence-corrected chi connectivity index (χ4v) is 1.22. The Morgan fingerprint density at radius 1 is 1.07 bits per heavy atom. The van der Waals surface area contributed by atoms with E-state index in [1.54, 1.807) is 0 Å². The second kappa shape index (κ2) is 7.16. The summed E-state index contributed by atoms with van der Waals surface area (Å²) in [7, 11) is 0. The van der Waals surface area contributed by atoms with Gasteiger partial charge in [-0.25, -0.2) is 0 Å². The van der Waals surface area contributed by atoms with Crippen molar-refractivity contribution in [2.45, 2.75) is 12.5 Å². The number of aliphatic carboxylic acids is 2. The second-order valence-corrected chi connectivity index (χ2v) is 2.94. The Morgan fingerprint density at radius 2 is 1.53 bits per heavy atom. The van der Waals surface area contributed by atoms with Crippen LogP contribution in [0.1, 0.15) is 6.42 Å². The summed E-state index contributed by atoms with van der Waals surface area (Å²) in [6.45, 7) is -0.539. The molecule has 0 saturated carbocycles. The molecule has 0 fully saturated rings. The van der Waals surface area contributed by atoms with E-state index in [9.17, 15) is 9.59 Å². The molecule has 0 bridgehead atoms. The topological polar surface area (TPSA) is 118 Å². The quantitative estimate of drug-likeness (QED) is 0.382. The molecule has 0 amide bonds. The monoisotopic (exact) mass is 221 g/mol. The molecule has 1 atom stereocenters. The van der Waals surface area contributed by atoms with Gasteiger partial charge in [-0.3, -0.25) is 14.5 Å². The number of aliphatic hydroxyl groups is 2. The van der Waals surface area contributed by atoms with Gasteiger partial charge in [0.1, 0.15) is 6.04 Å². The summed E-state index contributed by atoms with van der Waals surface area (Å²) in [5.41, 5.74) is 0. The number of carbonyl (C=O) groups is 2. The summed E-state index contributed by atoms with van der Waals surface area (Å²) < 4.78 is 0. The van der Waals surface area contributed by atoms with Crippen LogP contribution in [0.3, 0.4) is 0 Å². The first-order valence-electron chi connectivity index (χ1n) is 4.43. The average molecular weight is 221 g/mol. The van der Waals surface area contributed by atoms with Gasteiger partial charge in [-0.15, -0.1) is 0 Å². The maximum atomic E-state index is 10.8. The lowest BCUT2D eigenvalue weighted by Gasteiger charge is -2.26. The summed E-state index contributed by atoms with van der Waals surface area (Å²) in [6.07, 6.45) is -0.560. The Morgan fingerprint density at radius 3 is 1.80 bits per heavy atom. The molecule has 0 aromatic heterocycles. The minimum absolute atomic E-state index is 0.0187. The van der Waals surface area contributed by atoms with Crippen LogP contribution in [0.4, 0.5) is 0 Å². The molecule has 7 nitrogen and oxygen atoms in total. The lowest BCUT2D eigenvalue weighted by molar-refractivity contribution is -0.150. The largest absolute Gasteiger partial charge is 0.481 e. The van der Waals surface area contributed by atoms with Crippen LogP contribution in [-0.4, -0.2) is 69.6 Å². The highest BCUT2D eigenvalue weighted by Gasteiger charge is 2.27. The Balaban J connectivity index is 4.50. The van der Waals surface area contributed by atoms with Crippen LogP contribution in [-0.2, 0) is 9.59 Å². The molecule has 0 radical (unpaired) electrons. The molecule has 0 spiro atoms. The van der Waals surface area contributed by atoms with E-state index in [4.69, 9.17) is 20.4 Å². The minimum Gasteiger partial charge on any atom is -0.481 e. The highest BCUT2D eigenvalue weighted by atomic mass is 16.4. The van der Waals surface area contributed by atoms with Gasteiger partial charge in [0.25, 0.3) is 0 Å².